The van der Waals surface area contributed by atoms with E-state index in [1.165, 1.54) is 17.5 Å². The molecule has 0 saturated heterocycles. The first-order valence-electron chi connectivity index (χ1n) is 6.97. The fourth-order valence-corrected chi connectivity index (χ4v) is 1.67. The molecule has 1 heteroatoms. The Morgan fingerprint density at radius 3 is 2.39 bits per heavy atom. The van der Waals surface area contributed by atoms with Crippen molar-refractivity contribution < 1.29 is 4.79 Å². The molecule has 0 spiro atoms. The lowest BCUT2D eigenvalue weighted by Crippen LogP contribution is -1.90. The molecule has 0 N–H and O–H groups in total. The molecule has 1 rings (SSSR count). The van der Waals surface area contributed by atoms with Crippen molar-refractivity contribution in [3.8, 4) is 0 Å². The third-order valence-electron chi connectivity index (χ3n) is 2.67. The maximum absolute atomic E-state index is 11.2. The van der Waals surface area contributed by atoms with Crippen LogP contribution in [0.1, 0.15) is 57.2 Å². The molecule has 0 atom stereocenters. The second-order valence-electron chi connectivity index (χ2n) is 4.09. The van der Waals surface area contributed by atoms with Gasteiger partial charge in [-0.2, -0.15) is 0 Å². The summed E-state index contributed by atoms with van der Waals surface area (Å²) in [6.07, 6.45) is 6.45. The van der Waals surface area contributed by atoms with Crippen molar-refractivity contribution in [2.75, 3.05) is 0 Å². The average molecular weight is 246 g/mol. The number of hydrogen-bond acceptors (Lipinski definition) is 1. The van der Waals surface area contributed by atoms with Crippen molar-refractivity contribution in [1.29, 1.82) is 0 Å². The molecule has 1 nitrogen and oxygen atoms in total. The lowest BCUT2D eigenvalue weighted by Gasteiger charge is -2.04. The zero-order chi connectivity index (χ0) is 14.0. The van der Waals surface area contributed by atoms with E-state index < -0.39 is 0 Å². The molecule has 100 valence electrons. The minimum Gasteiger partial charge on any atom is -0.295 e. The van der Waals surface area contributed by atoms with Gasteiger partial charge in [0.15, 0.2) is 5.78 Å². The highest BCUT2D eigenvalue weighted by Crippen LogP contribution is 2.14. The molecule has 0 saturated carbocycles. The lowest BCUT2D eigenvalue weighted by molar-refractivity contribution is -0.114. The summed E-state index contributed by atoms with van der Waals surface area (Å²) in [5.74, 6) is 0.178. The van der Waals surface area contributed by atoms with Gasteiger partial charge in [0.1, 0.15) is 0 Å². The van der Waals surface area contributed by atoms with Gasteiger partial charge in [-0.1, -0.05) is 58.4 Å². The fourth-order valence-electron chi connectivity index (χ4n) is 1.67. The van der Waals surface area contributed by atoms with Gasteiger partial charge in [-0.15, -0.1) is 0 Å². The molecule has 0 fully saturated rings. The van der Waals surface area contributed by atoms with Gasteiger partial charge < -0.3 is 0 Å². The van der Waals surface area contributed by atoms with E-state index >= 15 is 0 Å². The second kappa shape index (κ2) is 9.64. The third kappa shape index (κ3) is 5.81. The highest BCUT2D eigenvalue weighted by Gasteiger charge is 1.98. The first kappa shape index (κ1) is 16.6. The number of benzene rings is 1. The van der Waals surface area contributed by atoms with Gasteiger partial charge in [-0.05, 0) is 36.1 Å². The summed E-state index contributed by atoms with van der Waals surface area (Å²) in [7, 11) is 0. The molecule has 1 aromatic carbocycles. The number of carbonyl (C=O) groups is 1. The number of rotatable bonds is 5. The Bertz CT molecular complexity index is 389. The Balaban J connectivity index is 0.00000137. The second-order valence-corrected chi connectivity index (χ2v) is 4.09. The summed E-state index contributed by atoms with van der Waals surface area (Å²) in [6, 6.07) is 6.45. The zero-order valence-electron chi connectivity index (χ0n) is 12.4. The van der Waals surface area contributed by atoms with Crippen LogP contribution in [0.5, 0.6) is 0 Å². The molecule has 0 aliphatic heterocycles. The van der Waals surface area contributed by atoms with Crippen LogP contribution in [-0.4, -0.2) is 5.78 Å². The summed E-state index contributed by atoms with van der Waals surface area (Å²) >= 11 is 0. The van der Waals surface area contributed by atoms with Crippen LogP contribution in [0.15, 0.2) is 24.3 Å². The van der Waals surface area contributed by atoms with Crippen LogP contribution in [0, 0.1) is 6.92 Å². The average Bonchev–Trinajstić information content (AvgIpc) is 2.40. The third-order valence-corrected chi connectivity index (χ3v) is 2.67. The van der Waals surface area contributed by atoms with Gasteiger partial charge in [-0.3, -0.25) is 4.79 Å². The molecule has 0 aromatic heterocycles. The highest BCUT2D eigenvalue weighted by molar-refractivity contribution is 5.93. The summed E-state index contributed by atoms with van der Waals surface area (Å²) in [6.45, 7) is 10.2. The van der Waals surface area contributed by atoms with Crippen molar-refractivity contribution in [2.45, 2.75) is 53.9 Å². The number of aryl methyl sites for hydroxylation is 2. The van der Waals surface area contributed by atoms with Crippen molar-refractivity contribution in [3.63, 3.8) is 0 Å². The monoisotopic (exact) mass is 246 g/mol. The lowest BCUT2D eigenvalue weighted by atomic mass is 10.0. The maximum Gasteiger partial charge on any atom is 0.155 e. The topological polar surface area (TPSA) is 17.1 Å². The SMILES string of the molecule is CC.CCCc1ccc(/C=C/C(=O)CC)c(C)c1. The van der Waals surface area contributed by atoms with E-state index in [1.807, 2.05) is 26.8 Å². The predicted octanol–water partition coefficient (Wildman–Crippen LogP) is 4.97. The van der Waals surface area contributed by atoms with Crippen molar-refractivity contribution in [2.24, 2.45) is 0 Å². The summed E-state index contributed by atoms with van der Waals surface area (Å²) < 4.78 is 0. The van der Waals surface area contributed by atoms with Crippen LogP contribution >= 0.6 is 0 Å². The first-order valence-corrected chi connectivity index (χ1v) is 6.97. The normalized spacial score (nSPS) is 10.1. The van der Waals surface area contributed by atoms with Gasteiger partial charge in [0.25, 0.3) is 0 Å². The summed E-state index contributed by atoms with van der Waals surface area (Å²) in [5, 5.41) is 0. The number of ketones is 1. The first-order chi connectivity index (χ1) is 8.67. The van der Waals surface area contributed by atoms with Crippen LogP contribution in [0.2, 0.25) is 0 Å². The summed E-state index contributed by atoms with van der Waals surface area (Å²) in [4.78, 5) is 11.2. The van der Waals surface area contributed by atoms with Gasteiger partial charge >= 0.3 is 0 Å². The smallest absolute Gasteiger partial charge is 0.155 e. The quantitative estimate of drug-likeness (QED) is 0.671. The fraction of sp³-hybridized carbons (Fsp3) is 0.471. The van der Waals surface area contributed by atoms with Gasteiger partial charge in [-0.25, -0.2) is 0 Å². The largest absolute Gasteiger partial charge is 0.295 e. The van der Waals surface area contributed by atoms with Crippen molar-refractivity contribution in [3.05, 3.63) is 41.0 Å². The van der Waals surface area contributed by atoms with Crippen LogP contribution in [0.4, 0.5) is 0 Å². The zero-order valence-corrected chi connectivity index (χ0v) is 12.4. The van der Waals surface area contributed by atoms with Crippen LogP contribution in [-0.2, 0) is 11.2 Å². The van der Waals surface area contributed by atoms with Crippen molar-refractivity contribution >= 4 is 11.9 Å². The Hall–Kier alpha value is -1.37. The Morgan fingerprint density at radius 1 is 1.22 bits per heavy atom. The van der Waals surface area contributed by atoms with E-state index in [0.29, 0.717) is 6.42 Å². The van der Waals surface area contributed by atoms with E-state index in [1.54, 1.807) is 6.08 Å². The Labute approximate surface area is 112 Å². The van der Waals surface area contributed by atoms with E-state index in [-0.39, 0.29) is 5.78 Å². The van der Waals surface area contributed by atoms with E-state index in [9.17, 15) is 4.79 Å². The van der Waals surface area contributed by atoms with E-state index in [0.717, 1.165) is 12.0 Å². The molecule has 0 heterocycles. The van der Waals surface area contributed by atoms with Crippen molar-refractivity contribution in [1.82, 2.24) is 0 Å². The minimum absolute atomic E-state index is 0.178. The minimum atomic E-state index is 0.178. The molecular formula is C17H26O. The Morgan fingerprint density at radius 2 is 1.89 bits per heavy atom. The molecule has 0 bridgehead atoms. The number of carbonyl (C=O) groups excluding carboxylic acids is 1. The van der Waals surface area contributed by atoms with Crippen LogP contribution < -0.4 is 0 Å². The maximum atomic E-state index is 11.2. The van der Waals surface area contributed by atoms with E-state index in [4.69, 9.17) is 0 Å². The highest BCUT2D eigenvalue weighted by atomic mass is 16.1. The molecule has 0 aliphatic rings. The molecule has 0 radical (unpaired) electrons. The molecule has 1 aromatic rings. The molecule has 18 heavy (non-hydrogen) atoms. The molecule has 0 aliphatic carbocycles. The van der Waals surface area contributed by atoms with Gasteiger partial charge in [0.2, 0.25) is 0 Å². The molecular weight excluding hydrogens is 220 g/mol. The summed E-state index contributed by atoms with van der Waals surface area (Å²) in [5.41, 5.74) is 3.76. The number of hydrogen-bond donors (Lipinski definition) is 0. The Kier molecular flexibility index (Phi) is 8.91. The molecule has 0 amide bonds. The van der Waals surface area contributed by atoms with Gasteiger partial charge in [0.05, 0.1) is 0 Å². The van der Waals surface area contributed by atoms with Crippen LogP contribution in [0.3, 0.4) is 0 Å². The predicted molar refractivity (Wildman–Crippen MR) is 80.9 cm³/mol. The van der Waals surface area contributed by atoms with Gasteiger partial charge in [0, 0.05) is 6.42 Å². The van der Waals surface area contributed by atoms with E-state index in [2.05, 4.69) is 32.0 Å². The van der Waals surface area contributed by atoms with Crippen LogP contribution in [0.25, 0.3) is 6.08 Å². The number of allylic oxidation sites excluding steroid dienone is 1. The standard InChI is InChI=1S/C15H20O.C2H6/c1-4-6-13-7-8-14(12(3)11-13)9-10-15(16)5-2;1-2/h7-11H,4-6H2,1-3H3;1-2H3/b10-9+;. The molecule has 0 unspecified atom stereocenters.